The number of carbonyl (C=O) groups is 1. The highest BCUT2D eigenvalue weighted by atomic mass is 35.5. The number of rotatable bonds is 2. The maximum atomic E-state index is 12.3. The quantitative estimate of drug-likeness (QED) is 0.699. The van der Waals surface area contributed by atoms with Crippen LogP contribution in [-0.4, -0.2) is 19.6 Å². The van der Waals surface area contributed by atoms with E-state index >= 15 is 0 Å². The van der Waals surface area contributed by atoms with Crippen LogP contribution in [0.1, 0.15) is 10.4 Å². The molecule has 2 aromatic heterocycles. The molecule has 3 rings (SSSR count). The third kappa shape index (κ3) is 2.63. The topological polar surface area (TPSA) is 93.8 Å². The molecule has 3 aromatic rings. The van der Waals surface area contributed by atoms with E-state index in [1.807, 2.05) is 0 Å². The molecule has 0 aliphatic carbocycles. The third-order valence-corrected chi connectivity index (χ3v) is 3.83. The molecule has 6 nitrogen and oxygen atoms in total. The van der Waals surface area contributed by atoms with Gasteiger partial charge in [-0.25, -0.2) is 4.98 Å². The van der Waals surface area contributed by atoms with Crippen LogP contribution in [0, 0.1) is 0 Å². The highest BCUT2D eigenvalue weighted by molar-refractivity contribution is 7.00. The fourth-order valence-corrected chi connectivity index (χ4v) is 2.66. The van der Waals surface area contributed by atoms with Crippen molar-refractivity contribution >= 4 is 63.2 Å². The van der Waals surface area contributed by atoms with Gasteiger partial charge in [-0.05, 0) is 18.2 Å². The minimum absolute atomic E-state index is 0.175. The zero-order valence-corrected chi connectivity index (χ0v) is 12.6. The first-order valence-electron chi connectivity index (χ1n) is 5.69. The van der Waals surface area contributed by atoms with E-state index in [-0.39, 0.29) is 16.4 Å². The SMILES string of the molecule is Nc1cnc(Cl)cc1C(=O)Nc1c(Cl)ccc2nsnc12. The van der Waals surface area contributed by atoms with Crippen molar-refractivity contribution in [3.63, 3.8) is 0 Å². The predicted molar refractivity (Wildman–Crippen MR) is 84.0 cm³/mol. The number of anilines is 2. The normalized spacial score (nSPS) is 10.8. The smallest absolute Gasteiger partial charge is 0.258 e. The summed E-state index contributed by atoms with van der Waals surface area (Å²) in [6, 6.07) is 4.76. The Hall–Kier alpha value is -1.96. The molecule has 9 heteroatoms. The van der Waals surface area contributed by atoms with Crippen molar-refractivity contribution in [3.05, 3.63) is 40.1 Å². The molecular formula is C12H7Cl2N5OS. The summed E-state index contributed by atoms with van der Waals surface area (Å²) in [6.45, 7) is 0. The predicted octanol–water partition coefficient (Wildman–Crippen LogP) is 3.23. The Kier molecular flexibility index (Phi) is 3.62. The van der Waals surface area contributed by atoms with E-state index in [9.17, 15) is 4.79 Å². The number of benzene rings is 1. The van der Waals surface area contributed by atoms with Crippen LogP contribution in [0.5, 0.6) is 0 Å². The molecule has 0 fully saturated rings. The van der Waals surface area contributed by atoms with Crippen molar-refractivity contribution in [2.75, 3.05) is 11.1 Å². The molecule has 0 atom stereocenters. The summed E-state index contributed by atoms with van der Waals surface area (Å²) in [7, 11) is 0. The minimum Gasteiger partial charge on any atom is -0.397 e. The minimum atomic E-state index is -0.445. The summed E-state index contributed by atoms with van der Waals surface area (Å²) < 4.78 is 8.22. The van der Waals surface area contributed by atoms with E-state index < -0.39 is 5.91 Å². The molecule has 21 heavy (non-hydrogen) atoms. The van der Waals surface area contributed by atoms with Crippen LogP contribution in [0.4, 0.5) is 11.4 Å². The first kappa shape index (κ1) is 14.0. The Bertz CT molecular complexity index is 851. The van der Waals surface area contributed by atoms with Crippen LogP contribution < -0.4 is 11.1 Å². The molecule has 0 spiro atoms. The van der Waals surface area contributed by atoms with Crippen LogP contribution in [-0.2, 0) is 0 Å². The molecule has 0 unspecified atom stereocenters. The zero-order chi connectivity index (χ0) is 15.0. The molecule has 1 amide bonds. The summed E-state index contributed by atoms with van der Waals surface area (Å²) in [6.07, 6.45) is 1.32. The first-order valence-corrected chi connectivity index (χ1v) is 7.18. The number of hydrogen-bond donors (Lipinski definition) is 2. The summed E-state index contributed by atoms with van der Waals surface area (Å²) in [5.74, 6) is -0.445. The van der Waals surface area contributed by atoms with Crippen LogP contribution in [0.15, 0.2) is 24.4 Å². The number of amides is 1. The maximum Gasteiger partial charge on any atom is 0.258 e. The van der Waals surface area contributed by atoms with Gasteiger partial charge in [-0.2, -0.15) is 8.75 Å². The Labute approximate surface area is 133 Å². The third-order valence-electron chi connectivity index (χ3n) is 2.76. The summed E-state index contributed by atoms with van der Waals surface area (Å²) >= 11 is 12.9. The zero-order valence-electron chi connectivity index (χ0n) is 10.3. The lowest BCUT2D eigenvalue weighted by atomic mass is 10.2. The Morgan fingerprint density at radius 1 is 1.29 bits per heavy atom. The van der Waals surface area contributed by atoms with Crippen LogP contribution in [0.3, 0.4) is 0 Å². The number of nitrogens with zero attached hydrogens (tertiary/aromatic N) is 3. The number of nitrogens with one attached hydrogen (secondary N) is 1. The largest absolute Gasteiger partial charge is 0.397 e. The molecule has 0 bridgehead atoms. The Morgan fingerprint density at radius 2 is 2.10 bits per heavy atom. The number of hydrogen-bond acceptors (Lipinski definition) is 6. The molecule has 0 saturated heterocycles. The number of nitrogens with two attached hydrogens (primary N) is 1. The van der Waals surface area contributed by atoms with Crippen molar-refractivity contribution in [3.8, 4) is 0 Å². The average Bonchev–Trinajstić information content (AvgIpc) is 2.93. The van der Waals surface area contributed by atoms with Gasteiger partial charge in [-0.3, -0.25) is 4.79 Å². The van der Waals surface area contributed by atoms with Crippen molar-refractivity contribution in [1.82, 2.24) is 13.7 Å². The second-order valence-electron chi connectivity index (χ2n) is 4.10. The van der Waals surface area contributed by atoms with Gasteiger partial charge in [-0.1, -0.05) is 23.2 Å². The van der Waals surface area contributed by atoms with Gasteiger partial charge in [0.15, 0.2) is 0 Å². The maximum absolute atomic E-state index is 12.3. The van der Waals surface area contributed by atoms with E-state index in [0.717, 1.165) is 11.7 Å². The van der Waals surface area contributed by atoms with E-state index in [1.54, 1.807) is 12.1 Å². The number of nitrogen functional groups attached to an aromatic ring is 1. The molecule has 0 saturated carbocycles. The molecule has 0 aliphatic heterocycles. The summed E-state index contributed by atoms with van der Waals surface area (Å²) in [5, 5.41) is 3.23. The molecule has 1 aromatic carbocycles. The Balaban J connectivity index is 2.02. The Morgan fingerprint density at radius 3 is 2.90 bits per heavy atom. The van der Waals surface area contributed by atoms with Crippen molar-refractivity contribution in [1.29, 1.82) is 0 Å². The van der Waals surface area contributed by atoms with E-state index in [2.05, 4.69) is 19.0 Å². The highest BCUT2D eigenvalue weighted by Gasteiger charge is 2.16. The molecular weight excluding hydrogens is 333 g/mol. The summed E-state index contributed by atoms with van der Waals surface area (Å²) in [4.78, 5) is 16.1. The highest BCUT2D eigenvalue weighted by Crippen LogP contribution is 2.30. The average molecular weight is 340 g/mol. The lowest BCUT2D eigenvalue weighted by Crippen LogP contribution is -2.15. The molecule has 106 valence electrons. The van der Waals surface area contributed by atoms with Gasteiger partial charge >= 0.3 is 0 Å². The lowest BCUT2D eigenvalue weighted by molar-refractivity contribution is 0.102. The van der Waals surface area contributed by atoms with Crippen molar-refractivity contribution in [2.24, 2.45) is 0 Å². The van der Waals surface area contributed by atoms with Crippen molar-refractivity contribution in [2.45, 2.75) is 0 Å². The first-order chi connectivity index (χ1) is 10.1. The van der Waals surface area contributed by atoms with E-state index in [1.165, 1.54) is 12.3 Å². The van der Waals surface area contributed by atoms with Gasteiger partial charge in [0, 0.05) is 0 Å². The number of pyridine rings is 1. The van der Waals surface area contributed by atoms with Gasteiger partial charge in [0.2, 0.25) is 0 Å². The van der Waals surface area contributed by atoms with Gasteiger partial charge in [0.1, 0.15) is 16.2 Å². The second kappa shape index (κ2) is 5.44. The summed E-state index contributed by atoms with van der Waals surface area (Å²) in [5.41, 5.74) is 7.74. The molecule has 0 radical (unpaired) electrons. The van der Waals surface area contributed by atoms with Gasteiger partial charge in [0.25, 0.3) is 5.91 Å². The van der Waals surface area contributed by atoms with Crippen LogP contribution >= 0.6 is 34.9 Å². The van der Waals surface area contributed by atoms with Gasteiger partial charge in [-0.15, -0.1) is 0 Å². The fourth-order valence-electron chi connectivity index (χ4n) is 1.76. The molecule has 3 N–H and O–H groups in total. The van der Waals surface area contributed by atoms with Gasteiger partial charge in [0.05, 0.1) is 39.9 Å². The second-order valence-corrected chi connectivity index (χ2v) is 5.43. The standard InChI is InChI=1S/C12H7Cl2N5OS/c13-6-1-2-8-11(19-21-18-8)10(6)17-12(20)5-3-9(14)16-4-7(5)15/h1-4H,15H2,(H,17,20). The van der Waals surface area contributed by atoms with Crippen LogP contribution in [0.25, 0.3) is 11.0 Å². The van der Waals surface area contributed by atoms with Crippen LogP contribution in [0.2, 0.25) is 10.2 Å². The molecule has 0 aliphatic rings. The fraction of sp³-hybridized carbons (Fsp3) is 0. The lowest BCUT2D eigenvalue weighted by Gasteiger charge is -2.09. The number of fused-ring (bicyclic) bond motifs is 1. The van der Waals surface area contributed by atoms with Crippen molar-refractivity contribution < 1.29 is 4.79 Å². The number of aromatic nitrogens is 3. The monoisotopic (exact) mass is 339 g/mol. The van der Waals surface area contributed by atoms with E-state index in [4.69, 9.17) is 28.9 Å². The van der Waals surface area contributed by atoms with E-state index in [0.29, 0.717) is 21.7 Å². The molecule has 2 heterocycles. The number of carbonyl (C=O) groups excluding carboxylic acids is 1. The number of halogens is 2. The van der Waals surface area contributed by atoms with Gasteiger partial charge < -0.3 is 11.1 Å².